The SMILES string of the molecule is CN=C(NCc1ccc(Cn2ccccc2=O)cc1)NC1CCCC1.I. The lowest BCUT2D eigenvalue weighted by atomic mass is 10.1. The Morgan fingerprint density at radius 3 is 2.46 bits per heavy atom. The maximum absolute atomic E-state index is 11.8. The largest absolute Gasteiger partial charge is 0.354 e. The molecule has 0 spiro atoms. The molecule has 26 heavy (non-hydrogen) atoms. The molecule has 1 saturated carbocycles. The van der Waals surface area contributed by atoms with E-state index in [9.17, 15) is 4.79 Å². The second-order valence-corrected chi connectivity index (χ2v) is 6.53. The summed E-state index contributed by atoms with van der Waals surface area (Å²) >= 11 is 0. The average molecular weight is 466 g/mol. The molecule has 0 aliphatic heterocycles. The van der Waals surface area contributed by atoms with Gasteiger partial charge in [-0.2, -0.15) is 0 Å². The molecule has 2 N–H and O–H groups in total. The molecule has 0 bridgehead atoms. The van der Waals surface area contributed by atoms with Crippen LogP contribution in [0.2, 0.25) is 0 Å². The lowest BCUT2D eigenvalue weighted by Gasteiger charge is -2.17. The van der Waals surface area contributed by atoms with Gasteiger partial charge in [-0.25, -0.2) is 0 Å². The lowest BCUT2D eigenvalue weighted by Crippen LogP contribution is -2.41. The van der Waals surface area contributed by atoms with Crippen LogP contribution < -0.4 is 16.2 Å². The molecule has 6 heteroatoms. The van der Waals surface area contributed by atoms with Crippen LogP contribution in [0.4, 0.5) is 0 Å². The molecule has 1 aromatic carbocycles. The lowest BCUT2D eigenvalue weighted by molar-refractivity contribution is 0.613. The number of aromatic nitrogens is 1. The number of hydrogen-bond donors (Lipinski definition) is 2. The number of guanidine groups is 1. The van der Waals surface area contributed by atoms with E-state index in [2.05, 4.69) is 39.9 Å². The first kappa shape index (κ1) is 20.5. The third-order valence-corrected chi connectivity index (χ3v) is 4.65. The number of pyridine rings is 1. The van der Waals surface area contributed by atoms with Gasteiger partial charge in [0.15, 0.2) is 5.96 Å². The number of aliphatic imine (C=N–C) groups is 1. The maximum atomic E-state index is 11.8. The highest BCUT2D eigenvalue weighted by atomic mass is 127. The summed E-state index contributed by atoms with van der Waals surface area (Å²) in [6.07, 6.45) is 6.89. The summed E-state index contributed by atoms with van der Waals surface area (Å²) in [5.41, 5.74) is 2.33. The van der Waals surface area contributed by atoms with E-state index >= 15 is 0 Å². The van der Waals surface area contributed by atoms with Crippen LogP contribution in [-0.4, -0.2) is 23.6 Å². The van der Waals surface area contributed by atoms with Gasteiger partial charge in [-0.15, -0.1) is 24.0 Å². The smallest absolute Gasteiger partial charge is 0.250 e. The Morgan fingerprint density at radius 2 is 1.81 bits per heavy atom. The fourth-order valence-corrected chi connectivity index (χ4v) is 3.19. The molecule has 5 nitrogen and oxygen atoms in total. The standard InChI is InChI=1S/C20H26N4O.HI/c1-21-20(23-18-6-2-3-7-18)22-14-16-9-11-17(12-10-16)15-24-13-5-4-8-19(24)25;/h4-5,8-13,18H,2-3,6-7,14-15H2,1H3,(H2,21,22,23);1H. The molecule has 3 rings (SSSR count). The number of nitrogens with one attached hydrogen (secondary N) is 2. The molecule has 1 fully saturated rings. The van der Waals surface area contributed by atoms with Gasteiger partial charge in [-0.1, -0.05) is 43.2 Å². The van der Waals surface area contributed by atoms with Crippen molar-refractivity contribution >= 4 is 29.9 Å². The maximum Gasteiger partial charge on any atom is 0.250 e. The Kier molecular flexibility index (Phi) is 8.15. The summed E-state index contributed by atoms with van der Waals surface area (Å²) in [6, 6.07) is 14.1. The van der Waals surface area contributed by atoms with Gasteiger partial charge in [-0.05, 0) is 30.0 Å². The summed E-state index contributed by atoms with van der Waals surface area (Å²) in [4.78, 5) is 16.1. The van der Waals surface area contributed by atoms with E-state index in [4.69, 9.17) is 0 Å². The van der Waals surface area contributed by atoms with E-state index in [1.165, 1.54) is 31.2 Å². The molecule has 0 amide bonds. The van der Waals surface area contributed by atoms with Crippen molar-refractivity contribution < 1.29 is 0 Å². The number of nitrogens with zero attached hydrogens (tertiary/aromatic N) is 2. The molecular formula is C20H27IN4O. The third kappa shape index (κ3) is 5.86. The highest BCUT2D eigenvalue weighted by Gasteiger charge is 2.15. The first-order valence-electron chi connectivity index (χ1n) is 8.95. The Bertz CT molecular complexity index is 764. The quantitative estimate of drug-likeness (QED) is 0.405. The Balaban J connectivity index is 0.00000243. The minimum Gasteiger partial charge on any atom is -0.354 e. The minimum absolute atomic E-state index is 0. The van der Waals surface area contributed by atoms with Crippen LogP contribution in [-0.2, 0) is 13.1 Å². The van der Waals surface area contributed by atoms with E-state index in [-0.39, 0.29) is 29.5 Å². The number of rotatable bonds is 5. The molecule has 140 valence electrons. The van der Waals surface area contributed by atoms with Gasteiger partial charge >= 0.3 is 0 Å². The van der Waals surface area contributed by atoms with Crippen molar-refractivity contribution in [2.75, 3.05) is 7.05 Å². The van der Waals surface area contributed by atoms with Crippen LogP contribution in [0.3, 0.4) is 0 Å². The van der Waals surface area contributed by atoms with Crippen molar-refractivity contribution in [1.29, 1.82) is 0 Å². The second-order valence-electron chi connectivity index (χ2n) is 6.53. The zero-order valence-corrected chi connectivity index (χ0v) is 17.5. The van der Waals surface area contributed by atoms with Crippen molar-refractivity contribution in [3.63, 3.8) is 0 Å². The molecule has 0 unspecified atom stereocenters. The number of hydrogen-bond acceptors (Lipinski definition) is 2. The molecule has 1 aliphatic carbocycles. The van der Waals surface area contributed by atoms with E-state index in [1.807, 2.05) is 19.3 Å². The van der Waals surface area contributed by atoms with Gasteiger partial charge in [0.2, 0.25) is 0 Å². The van der Waals surface area contributed by atoms with Gasteiger partial charge < -0.3 is 15.2 Å². The highest BCUT2D eigenvalue weighted by molar-refractivity contribution is 14.0. The summed E-state index contributed by atoms with van der Waals surface area (Å²) in [6.45, 7) is 1.33. The van der Waals surface area contributed by atoms with Crippen molar-refractivity contribution in [2.45, 2.75) is 44.8 Å². The van der Waals surface area contributed by atoms with Gasteiger partial charge in [0.25, 0.3) is 5.56 Å². The van der Waals surface area contributed by atoms with E-state index in [1.54, 1.807) is 16.7 Å². The van der Waals surface area contributed by atoms with Crippen LogP contribution in [0, 0.1) is 0 Å². The summed E-state index contributed by atoms with van der Waals surface area (Å²) in [7, 11) is 1.81. The molecule has 1 heterocycles. The fraction of sp³-hybridized carbons (Fsp3) is 0.400. The zero-order valence-electron chi connectivity index (χ0n) is 15.1. The van der Waals surface area contributed by atoms with Crippen molar-refractivity contribution in [3.8, 4) is 0 Å². The van der Waals surface area contributed by atoms with Crippen LogP contribution >= 0.6 is 24.0 Å². The topological polar surface area (TPSA) is 58.4 Å². The predicted octanol–water partition coefficient (Wildman–Crippen LogP) is 3.12. The molecule has 1 aromatic heterocycles. The molecule has 2 aromatic rings. The first-order chi connectivity index (χ1) is 12.2. The number of benzene rings is 1. The Morgan fingerprint density at radius 1 is 1.12 bits per heavy atom. The van der Waals surface area contributed by atoms with Gasteiger partial charge in [0.05, 0.1) is 6.54 Å². The molecule has 0 radical (unpaired) electrons. The van der Waals surface area contributed by atoms with Gasteiger partial charge in [0.1, 0.15) is 0 Å². The molecule has 0 atom stereocenters. The summed E-state index contributed by atoms with van der Waals surface area (Å²) in [5, 5.41) is 6.86. The highest BCUT2D eigenvalue weighted by Crippen LogP contribution is 2.17. The minimum atomic E-state index is 0. The van der Waals surface area contributed by atoms with Crippen LogP contribution in [0.1, 0.15) is 36.8 Å². The predicted molar refractivity (Wildman–Crippen MR) is 117 cm³/mol. The Labute approximate surface area is 171 Å². The Hall–Kier alpha value is -1.83. The first-order valence-corrected chi connectivity index (χ1v) is 8.95. The van der Waals surface area contributed by atoms with Crippen LogP contribution in [0.5, 0.6) is 0 Å². The van der Waals surface area contributed by atoms with Crippen LogP contribution in [0.15, 0.2) is 58.4 Å². The molecule has 0 saturated heterocycles. The number of halogens is 1. The van der Waals surface area contributed by atoms with Gasteiger partial charge in [-0.3, -0.25) is 9.79 Å². The van der Waals surface area contributed by atoms with Crippen molar-refractivity contribution in [1.82, 2.24) is 15.2 Å². The van der Waals surface area contributed by atoms with Crippen molar-refractivity contribution in [3.05, 3.63) is 70.1 Å². The van der Waals surface area contributed by atoms with E-state index in [0.717, 1.165) is 18.1 Å². The van der Waals surface area contributed by atoms with Gasteiger partial charge in [0, 0.05) is 31.9 Å². The molecule has 1 aliphatic rings. The zero-order chi connectivity index (χ0) is 17.5. The van der Waals surface area contributed by atoms with E-state index in [0.29, 0.717) is 12.6 Å². The summed E-state index contributed by atoms with van der Waals surface area (Å²) < 4.78 is 1.71. The van der Waals surface area contributed by atoms with Crippen LogP contribution in [0.25, 0.3) is 0 Å². The fourth-order valence-electron chi connectivity index (χ4n) is 3.19. The monoisotopic (exact) mass is 466 g/mol. The summed E-state index contributed by atoms with van der Waals surface area (Å²) in [5.74, 6) is 0.867. The molecular weight excluding hydrogens is 439 g/mol. The van der Waals surface area contributed by atoms with E-state index < -0.39 is 0 Å². The average Bonchev–Trinajstić information content (AvgIpc) is 3.15. The van der Waals surface area contributed by atoms with Crippen molar-refractivity contribution in [2.24, 2.45) is 4.99 Å². The second kappa shape index (κ2) is 10.4. The normalized spacial score (nSPS) is 14.7. The third-order valence-electron chi connectivity index (χ3n) is 4.65.